The van der Waals surface area contributed by atoms with E-state index in [2.05, 4.69) is 28.7 Å². The number of hydrogen-bond acceptors (Lipinski definition) is 3. The standard InChI is InChI=1S/C17H18N2O/c20-19-17(13-6-2-1-3-7-13)16-10-11-18-12-14-8-4-5-9-15(14)16/h1-9,16-18H,10-12H2. The van der Waals surface area contributed by atoms with Gasteiger partial charge in [0.05, 0.1) is 0 Å². The summed E-state index contributed by atoms with van der Waals surface area (Å²) >= 11 is 0. The maximum atomic E-state index is 11.5. The Morgan fingerprint density at radius 2 is 1.80 bits per heavy atom. The second-order valence-electron chi connectivity index (χ2n) is 5.23. The number of benzene rings is 2. The van der Waals surface area contributed by atoms with Crippen molar-refractivity contribution in [3.63, 3.8) is 0 Å². The van der Waals surface area contributed by atoms with E-state index in [9.17, 15) is 4.91 Å². The highest BCUT2D eigenvalue weighted by molar-refractivity contribution is 5.35. The third-order valence-corrected chi connectivity index (χ3v) is 4.04. The molecule has 0 fully saturated rings. The molecule has 0 saturated carbocycles. The van der Waals surface area contributed by atoms with Crippen LogP contribution in [0.2, 0.25) is 0 Å². The minimum absolute atomic E-state index is 0.154. The second-order valence-corrected chi connectivity index (χ2v) is 5.23. The van der Waals surface area contributed by atoms with Gasteiger partial charge in [0.15, 0.2) is 0 Å². The van der Waals surface area contributed by atoms with E-state index in [-0.39, 0.29) is 12.0 Å². The first-order chi connectivity index (χ1) is 9.90. The molecule has 3 nitrogen and oxygen atoms in total. The number of nitrogens with one attached hydrogen (secondary N) is 1. The van der Waals surface area contributed by atoms with Crippen LogP contribution in [0.25, 0.3) is 0 Å². The van der Waals surface area contributed by atoms with Crippen molar-refractivity contribution in [2.24, 2.45) is 5.18 Å². The average molecular weight is 266 g/mol. The van der Waals surface area contributed by atoms with Crippen LogP contribution >= 0.6 is 0 Å². The zero-order valence-corrected chi connectivity index (χ0v) is 11.3. The van der Waals surface area contributed by atoms with E-state index in [1.54, 1.807) is 0 Å². The normalized spacial score (nSPS) is 19.7. The van der Waals surface area contributed by atoms with E-state index in [4.69, 9.17) is 0 Å². The average Bonchev–Trinajstić information content (AvgIpc) is 2.72. The van der Waals surface area contributed by atoms with Crippen LogP contribution in [-0.2, 0) is 6.54 Å². The summed E-state index contributed by atoms with van der Waals surface area (Å²) in [6.45, 7) is 1.78. The van der Waals surface area contributed by atoms with E-state index in [0.29, 0.717) is 0 Å². The van der Waals surface area contributed by atoms with Crippen molar-refractivity contribution in [1.29, 1.82) is 0 Å². The molecule has 0 radical (unpaired) electrons. The lowest BCUT2D eigenvalue weighted by Crippen LogP contribution is -2.14. The molecule has 2 unspecified atom stereocenters. The van der Waals surface area contributed by atoms with Gasteiger partial charge in [-0.15, -0.1) is 0 Å². The fraction of sp³-hybridized carbons (Fsp3) is 0.294. The molecule has 3 heteroatoms. The highest BCUT2D eigenvalue weighted by Crippen LogP contribution is 2.38. The van der Waals surface area contributed by atoms with Crippen molar-refractivity contribution in [3.8, 4) is 0 Å². The van der Waals surface area contributed by atoms with Gasteiger partial charge in [0.1, 0.15) is 6.04 Å². The van der Waals surface area contributed by atoms with Crippen LogP contribution in [0.15, 0.2) is 59.8 Å². The summed E-state index contributed by atoms with van der Waals surface area (Å²) in [5, 5.41) is 6.86. The first-order valence-corrected chi connectivity index (χ1v) is 7.06. The number of fused-ring (bicyclic) bond motifs is 1. The predicted molar refractivity (Wildman–Crippen MR) is 80.5 cm³/mol. The SMILES string of the molecule is O=NC(c1ccccc1)C1CCNCc2ccccc21. The molecule has 1 aliphatic heterocycles. The Bertz CT molecular complexity index is 583. The van der Waals surface area contributed by atoms with E-state index in [1.807, 2.05) is 36.4 Å². The van der Waals surface area contributed by atoms with Gasteiger partial charge in [-0.2, -0.15) is 4.91 Å². The molecule has 0 spiro atoms. The summed E-state index contributed by atoms with van der Waals surface area (Å²) in [5.41, 5.74) is 3.54. The highest BCUT2D eigenvalue weighted by Gasteiger charge is 2.28. The molecule has 3 rings (SSSR count). The Hall–Kier alpha value is -2.00. The summed E-state index contributed by atoms with van der Waals surface area (Å²) in [7, 11) is 0. The van der Waals surface area contributed by atoms with Crippen LogP contribution in [0.1, 0.15) is 35.1 Å². The van der Waals surface area contributed by atoms with Crippen molar-refractivity contribution in [2.45, 2.75) is 24.9 Å². The molecule has 102 valence electrons. The van der Waals surface area contributed by atoms with Gasteiger partial charge in [-0.3, -0.25) is 0 Å². The fourth-order valence-corrected chi connectivity index (χ4v) is 3.04. The highest BCUT2D eigenvalue weighted by atomic mass is 16.3. The Labute approximate surface area is 119 Å². The molecule has 1 heterocycles. The van der Waals surface area contributed by atoms with Gasteiger partial charge >= 0.3 is 0 Å². The monoisotopic (exact) mass is 266 g/mol. The molecule has 1 N–H and O–H groups in total. The zero-order valence-electron chi connectivity index (χ0n) is 11.3. The second kappa shape index (κ2) is 5.97. The Kier molecular flexibility index (Phi) is 3.88. The van der Waals surface area contributed by atoms with E-state index in [0.717, 1.165) is 25.1 Å². The quantitative estimate of drug-likeness (QED) is 0.859. The number of rotatable bonds is 3. The summed E-state index contributed by atoms with van der Waals surface area (Å²) < 4.78 is 0. The molecule has 1 aliphatic rings. The molecule has 0 aliphatic carbocycles. The Balaban J connectivity index is 2.01. The van der Waals surface area contributed by atoms with E-state index >= 15 is 0 Å². The minimum atomic E-state index is -0.308. The number of nitroso groups, excluding NO2 is 1. The van der Waals surface area contributed by atoms with Crippen molar-refractivity contribution < 1.29 is 0 Å². The number of nitrogens with zero attached hydrogens (tertiary/aromatic N) is 1. The minimum Gasteiger partial charge on any atom is -0.313 e. The van der Waals surface area contributed by atoms with Gasteiger partial charge in [-0.1, -0.05) is 59.8 Å². The summed E-state index contributed by atoms with van der Waals surface area (Å²) in [5.74, 6) is 0.154. The van der Waals surface area contributed by atoms with Crippen LogP contribution in [0, 0.1) is 4.91 Å². The maximum Gasteiger partial charge on any atom is 0.124 e. The lowest BCUT2D eigenvalue weighted by atomic mass is 9.83. The van der Waals surface area contributed by atoms with E-state index < -0.39 is 0 Å². The smallest absolute Gasteiger partial charge is 0.124 e. The molecule has 0 bridgehead atoms. The van der Waals surface area contributed by atoms with Gasteiger partial charge in [0.25, 0.3) is 0 Å². The van der Waals surface area contributed by atoms with Crippen LogP contribution < -0.4 is 5.32 Å². The number of hydrogen-bond donors (Lipinski definition) is 1. The molecular formula is C17H18N2O. The summed E-state index contributed by atoms with van der Waals surface area (Å²) in [6, 6.07) is 17.9. The van der Waals surface area contributed by atoms with Crippen LogP contribution in [0.4, 0.5) is 0 Å². The van der Waals surface area contributed by atoms with Crippen LogP contribution in [0.3, 0.4) is 0 Å². The van der Waals surface area contributed by atoms with Crippen molar-refractivity contribution >= 4 is 0 Å². The van der Waals surface area contributed by atoms with Crippen molar-refractivity contribution in [1.82, 2.24) is 5.32 Å². The third-order valence-electron chi connectivity index (χ3n) is 4.04. The molecular weight excluding hydrogens is 248 g/mol. The largest absolute Gasteiger partial charge is 0.313 e. The van der Waals surface area contributed by atoms with Crippen molar-refractivity contribution in [2.75, 3.05) is 6.54 Å². The predicted octanol–water partition coefficient (Wildman–Crippen LogP) is 3.77. The zero-order chi connectivity index (χ0) is 13.8. The van der Waals surface area contributed by atoms with Gasteiger partial charge in [0, 0.05) is 12.5 Å². The molecule has 0 amide bonds. The maximum absolute atomic E-state index is 11.5. The van der Waals surface area contributed by atoms with Gasteiger partial charge in [-0.05, 0) is 29.7 Å². The molecule has 2 atom stereocenters. The Morgan fingerprint density at radius 1 is 1.05 bits per heavy atom. The van der Waals surface area contributed by atoms with Gasteiger partial charge in [-0.25, -0.2) is 0 Å². The molecule has 0 saturated heterocycles. The fourth-order valence-electron chi connectivity index (χ4n) is 3.04. The first kappa shape index (κ1) is 13.0. The lowest BCUT2D eigenvalue weighted by molar-refractivity contribution is 0.512. The summed E-state index contributed by atoms with van der Waals surface area (Å²) in [4.78, 5) is 11.5. The molecule has 20 heavy (non-hydrogen) atoms. The van der Waals surface area contributed by atoms with Gasteiger partial charge in [0.2, 0.25) is 0 Å². The van der Waals surface area contributed by atoms with Crippen LogP contribution in [0.5, 0.6) is 0 Å². The Morgan fingerprint density at radius 3 is 2.60 bits per heavy atom. The molecule has 2 aromatic rings. The molecule has 0 aromatic heterocycles. The van der Waals surface area contributed by atoms with Gasteiger partial charge < -0.3 is 5.32 Å². The molecule has 2 aromatic carbocycles. The van der Waals surface area contributed by atoms with Crippen LogP contribution in [-0.4, -0.2) is 6.54 Å². The topological polar surface area (TPSA) is 41.5 Å². The third kappa shape index (κ3) is 2.49. The summed E-state index contributed by atoms with van der Waals surface area (Å²) in [6.07, 6.45) is 0.933. The van der Waals surface area contributed by atoms with Crippen molar-refractivity contribution in [3.05, 3.63) is 76.2 Å². The lowest BCUT2D eigenvalue weighted by Gasteiger charge is -2.22. The van der Waals surface area contributed by atoms with E-state index in [1.165, 1.54) is 11.1 Å². The first-order valence-electron chi connectivity index (χ1n) is 7.06.